The third-order valence-corrected chi connectivity index (χ3v) is 4.90. The summed E-state index contributed by atoms with van der Waals surface area (Å²) in [5.74, 6) is 1.32. The minimum atomic E-state index is -0.388. The van der Waals surface area contributed by atoms with Crippen LogP contribution in [0.5, 0.6) is 5.75 Å². The first-order valence-corrected chi connectivity index (χ1v) is 8.67. The Kier molecular flexibility index (Phi) is 3.99. The normalized spacial score (nSPS) is 20.3. The number of allylic oxidation sites excluding steroid dienone is 2. The van der Waals surface area contributed by atoms with Crippen molar-refractivity contribution in [3.05, 3.63) is 41.1 Å². The molecule has 1 aliphatic carbocycles. The number of benzene rings is 1. The lowest BCUT2D eigenvalue weighted by Crippen LogP contribution is -2.28. The maximum atomic E-state index is 12.4. The number of tetrazole rings is 1. The highest BCUT2D eigenvalue weighted by Gasteiger charge is 2.34. The van der Waals surface area contributed by atoms with E-state index in [1.807, 2.05) is 31.2 Å². The first-order valence-electron chi connectivity index (χ1n) is 8.67. The molecular weight excluding hydrogens is 318 g/mol. The lowest BCUT2D eigenvalue weighted by atomic mass is 9.92. The fourth-order valence-corrected chi connectivity index (χ4v) is 3.76. The van der Waals surface area contributed by atoms with Crippen LogP contribution in [-0.4, -0.2) is 32.1 Å². The van der Waals surface area contributed by atoms with Gasteiger partial charge in [0.05, 0.1) is 6.10 Å². The van der Waals surface area contributed by atoms with Gasteiger partial charge in [-0.3, -0.25) is 4.79 Å². The van der Waals surface area contributed by atoms with Gasteiger partial charge in [-0.15, -0.1) is 0 Å². The van der Waals surface area contributed by atoms with E-state index in [-0.39, 0.29) is 17.9 Å². The minimum Gasteiger partial charge on any atom is -0.490 e. The zero-order valence-corrected chi connectivity index (χ0v) is 14.4. The fourth-order valence-electron chi connectivity index (χ4n) is 3.76. The number of anilines is 1. The standard InChI is InChI=1S/C18H21N5O2/c1-11-16(12(2)24)17(23-18(19-11)20-21-22-23)14-9-5-6-10-15(14)25-13-7-3-4-8-13/h5-6,9-10,13,17H,3-4,7-8H2,1-2H3,(H,19,20,22). The molecule has 0 spiro atoms. The van der Waals surface area contributed by atoms with Crippen LogP contribution in [-0.2, 0) is 4.79 Å². The Hall–Kier alpha value is -2.70. The predicted octanol–water partition coefficient (Wildman–Crippen LogP) is 2.87. The van der Waals surface area contributed by atoms with Gasteiger partial charge in [0.25, 0.3) is 0 Å². The van der Waals surface area contributed by atoms with Crippen molar-refractivity contribution in [1.29, 1.82) is 0 Å². The summed E-state index contributed by atoms with van der Waals surface area (Å²) in [4.78, 5) is 12.4. The predicted molar refractivity (Wildman–Crippen MR) is 92.3 cm³/mol. The number of carbonyl (C=O) groups excluding carboxylic acids is 1. The second-order valence-electron chi connectivity index (χ2n) is 6.63. The average Bonchev–Trinajstić information content (AvgIpc) is 3.25. The van der Waals surface area contributed by atoms with E-state index in [0.29, 0.717) is 11.5 Å². The van der Waals surface area contributed by atoms with Crippen LogP contribution in [0.3, 0.4) is 0 Å². The van der Waals surface area contributed by atoms with Crippen LogP contribution in [0.15, 0.2) is 35.5 Å². The number of rotatable bonds is 4. The van der Waals surface area contributed by atoms with Gasteiger partial charge in [-0.1, -0.05) is 23.3 Å². The Morgan fingerprint density at radius 2 is 2.04 bits per heavy atom. The van der Waals surface area contributed by atoms with E-state index < -0.39 is 0 Å². The number of Topliss-reactive ketones (excluding diaryl/α,β-unsaturated/α-hetero) is 1. The Labute approximate surface area is 146 Å². The molecule has 0 saturated heterocycles. The number of hydrogen-bond donors (Lipinski definition) is 1. The molecule has 2 heterocycles. The number of fused-ring (bicyclic) bond motifs is 1. The largest absolute Gasteiger partial charge is 0.490 e. The second kappa shape index (κ2) is 6.31. The van der Waals surface area contributed by atoms with Gasteiger partial charge in [0.2, 0.25) is 5.95 Å². The molecule has 0 amide bonds. The summed E-state index contributed by atoms with van der Waals surface area (Å²) >= 11 is 0. The average molecular weight is 339 g/mol. The molecule has 1 fully saturated rings. The molecule has 1 atom stereocenters. The van der Waals surface area contributed by atoms with Crippen molar-refractivity contribution in [2.45, 2.75) is 51.7 Å². The Morgan fingerprint density at radius 3 is 2.80 bits per heavy atom. The summed E-state index contributed by atoms with van der Waals surface area (Å²) in [6, 6.07) is 7.48. The van der Waals surface area contributed by atoms with Gasteiger partial charge in [-0.2, -0.15) is 4.68 Å². The summed E-state index contributed by atoms with van der Waals surface area (Å²) in [7, 11) is 0. The van der Waals surface area contributed by atoms with Crippen molar-refractivity contribution in [2.75, 3.05) is 5.32 Å². The van der Waals surface area contributed by atoms with Crippen molar-refractivity contribution >= 4 is 11.7 Å². The molecule has 1 aromatic heterocycles. The SMILES string of the molecule is CC(=O)C1=C(C)Nc2nnnn2C1c1ccccc1OC1CCCC1. The molecule has 25 heavy (non-hydrogen) atoms. The maximum absolute atomic E-state index is 12.4. The third-order valence-electron chi connectivity index (χ3n) is 4.90. The van der Waals surface area contributed by atoms with E-state index in [4.69, 9.17) is 4.74 Å². The second-order valence-corrected chi connectivity index (χ2v) is 6.63. The van der Waals surface area contributed by atoms with E-state index in [2.05, 4.69) is 20.8 Å². The van der Waals surface area contributed by atoms with Crippen molar-refractivity contribution in [2.24, 2.45) is 0 Å². The molecule has 4 rings (SSSR count). The summed E-state index contributed by atoms with van der Waals surface area (Å²) in [5.41, 5.74) is 2.34. The van der Waals surface area contributed by atoms with Crippen molar-refractivity contribution in [1.82, 2.24) is 20.2 Å². The zero-order valence-electron chi connectivity index (χ0n) is 14.4. The van der Waals surface area contributed by atoms with Gasteiger partial charge < -0.3 is 10.1 Å². The van der Waals surface area contributed by atoms with Crippen molar-refractivity contribution < 1.29 is 9.53 Å². The highest BCUT2D eigenvalue weighted by Crippen LogP contribution is 2.39. The fraction of sp³-hybridized carbons (Fsp3) is 0.444. The molecule has 1 N–H and O–H groups in total. The van der Waals surface area contributed by atoms with E-state index in [1.54, 1.807) is 11.6 Å². The molecule has 1 saturated carbocycles. The number of carbonyl (C=O) groups is 1. The third kappa shape index (κ3) is 2.79. The minimum absolute atomic E-state index is 0.00757. The van der Waals surface area contributed by atoms with Crippen LogP contribution in [0.25, 0.3) is 0 Å². The quantitative estimate of drug-likeness (QED) is 0.922. The lowest BCUT2D eigenvalue weighted by molar-refractivity contribution is -0.114. The number of nitrogens with one attached hydrogen (secondary N) is 1. The Balaban J connectivity index is 1.81. The van der Waals surface area contributed by atoms with Crippen LogP contribution in [0, 0.1) is 0 Å². The maximum Gasteiger partial charge on any atom is 0.248 e. The Morgan fingerprint density at radius 1 is 1.28 bits per heavy atom. The van der Waals surface area contributed by atoms with Crippen LogP contribution in [0.4, 0.5) is 5.95 Å². The van der Waals surface area contributed by atoms with E-state index in [9.17, 15) is 4.79 Å². The van der Waals surface area contributed by atoms with Gasteiger partial charge in [0.15, 0.2) is 5.78 Å². The van der Waals surface area contributed by atoms with Gasteiger partial charge in [0, 0.05) is 16.8 Å². The highest BCUT2D eigenvalue weighted by atomic mass is 16.5. The van der Waals surface area contributed by atoms with Gasteiger partial charge >= 0.3 is 0 Å². The molecule has 7 nitrogen and oxygen atoms in total. The number of ether oxygens (including phenoxy) is 1. The highest BCUT2D eigenvalue weighted by molar-refractivity contribution is 5.96. The number of nitrogens with zero attached hydrogens (tertiary/aromatic N) is 4. The number of ketones is 1. The van der Waals surface area contributed by atoms with Crippen LogP contribution in [0.2, 0.25) is 0 Å². The summed E-state index contributed by atoms with van der Waals surface area (Å²) in [5, 5.41) is 15.0. The van der Waals surface area contributed by atoms with Gasteiger partial charge in [-0.05, 0) is 56.0 Å². The number of para-hydroxylation sites is 1. The van der Waals surface area contributed by atoms with Gasteiger partial charge in [-0.25, -0.2) is 0 Å². The molecule has 1 aliphatic heterocycles. The first kappa shape index (κ1) is 15.8. The van der Waals surface area contributed by atoms with Crippen LogP contribution in [0.1, 0.15) is 51.1 Å². The van der Waals surface area contributed by atoms with E-state index in [0.717, 1.165) is 29.9 Å². The van der Waals surface area contributed by atoms with Crippen LogP contribution >= 0.6 is 0 Å². The van der Waals surface area contributed by atoms with Crippen LogP contribution < -0.4 is 10.1 Å². The van der Waals surface area contributed by atoms with E-state index >= 15 is 0 Å². The van der Waals surface area contributed by atoms with E-state index in [1.165, 1.54) is 12.8 Å². The summed E-state index contributed by atoms with van der Waals surface area (Å²) in [6.45, 7) is 3.45. The lowest BCUT2D eigenvalue weighted by Gasteiger charge is -2.29. The molecule has 2 aliphatic rings. The topological polar surface area (TPSA) is 81.9 Å². The molecule has 130 valence electrons. The smallest absolute Gasteiger partial charge is 0.248 e. The Bertz CT molecular complexity index is 835. The molecule has 1 unspecified atom stereocenters. The molecule has 2 aromatic rings. The molecule has 7 heteroatoms. The summed E-state index contributed by atoms with van der Waals surface area (Å²) in [6.07, 6.45) is 4.79. The molecule has 1 aromatic carbocycles. The number of hydrogen-bond acceptors (Lipinski definition) is 6. The molecule has 0 bridgehead atoms. The van der Waals surface area contributed by atoms with Gasteiger partial charge in [0.1, 0.15) is 11.8 Å². The van der Waals surface area contributed by atoms with Crippen molar-refractivity contribution in [3.63, 3.8) is 0 Å². The number of aromatic nitrogens is 4. The first-order chi connectivity index (χ1) is 12.1. The zero-order chi connectivity index (χ0) is 17.4. The molecule has 0 radical (unpaired) electrons. The monoisotopic (exact) mass is 339 g/mol. The molecular formula is C18H21N5O2. The van der Waals surface area contributed by atoms with Crippen molar-refractivity contribution in [3.8, 4) is 5.75 Å². The summed E-state index contributed by atoms with van der Waals surface area (Å²) < 4.78 is 7.93.